The average molecular weight is 247 g/mol. The van der Waals surface area contributed by atoms with Crippen LogP contribution in [0.3, 0.4) is 0 Å². The van der Waals surface area contributed by atoms with Gasteiger partial charge in [-0.1, -0.05) is 27.2 Å². The first kappa shape index (κ1) is 16.1. The van der Waals surface area contributed by atoms with Crippen LogP contribution in [0, 0.1) is 0 Å². The van der Waals surface area contributed by atoms with Crippen LogP contribution in [0.2, 0.25) is 0 Å². The zero-order chi connectivity index (χ0) is 12.4. The smallest absolute Gasteiger partial charge is 0.0317 e. The normalized spacial score (nSPS) is 17.0. The lowest BCUT2D eigenvalue weighted by atomic mass is 10.1. The highest BCUT2D eigenvalue weighted by Crippen LogP contribution is 2.06. The number of hydrogen-bond donors (Lipinski definition) is 1. The fourth-order valence-electron chi connectivity index (χ4n) is 1.57. The molecule has 0 bridgehead atoms. The summed E-state index contributed by atoms with van der Waals surface area (Å²) in [5.74, 6) is 0.884. The number of nitrogens with one attached hydrogen (secondary N) is 1. The largest absolute Gasteiger partial charge is 0.314 e. The highest BCUT2D eigenvalue weighted by atomic mass is 32.2. The molecule has 16 heavy (non-hydrogen) atoms. The van der Waals surface area contributed by atoms with Crippen LogP contribution in [0.4, 0.5) is 0 Å². The summed E-state index contributed by atoms with van der Waals surface area (Å²) in [7, 11) is -0.605. The lowest BCUT2D eigenvalue weighted by Gasteiger charge is -2.13. The van der Waals surface area contributed by atoms with E-state index < -0.39 is 10.8 Å². The lowest BCUT2D eigenvalue weighted by molar-refractivity contribution is 0.495. The molecule has 0 saturated carbocycles. The second-order valence-corrected chi connectivity index (χ2v) is 6.63. The van der Waals surface area contributed by atoms with Crippen molar-refractivity contribution >= 4 is 10.8 Å². The van der Waals surface area contributed by atoms with Gasteiger partial charge in [0.25, 0.3) is 0 Å². The molecule has 98 valence electrons. The van der Waals surface area contributed by atoms with Gasteiger partial charge in [0.2, 0.25) is 0 Å². The maximum Gasteiger partial charge on any atom is 0.0317 e. The van der Waals surface area contributed by atoms with Gasteiger partial charge in [0.05, 0.1) is 0 Å². The van der Waals surface area contributed by atoms with Crippen molar-refractivity contribution in [2.45, 2.75) is 71.1 Å². The van der Waals surface area contributed by atoms with Crippen LogP contribution in [0.5, 0.6) is 0 Å². The predicted molar refractivity (Wildman–Crippen MR) is 74.4 cm³/mol. The van der Waals surface area contributed by atoms with Crippen molar-refractivity contribution < 1.29 is 4.21 Å². The van der Waals surface area contributed by atoms with Gasteiger partial charge < -0.3 is 5.32 Å². The maximum absolute atomic E-state index is 11.7. The van der Waals surface area contributed by atoms with Crippen LogP contribution in [-0.2, 0) is 10.8 Å². The van der Waals surface area contributed by atoms with E-state index >= 15 is 0 Å². The van der Waals surface area contributed by atoms with E-state index in [2.05, 4.69) is 33.0 Å². The van der Waals surface area contributed by atoms with Crippen molar-refractivity contribution in [1.29, 1.82) is 0 Å². The fourth-order valence-corrected chi connectivity index (χ4v) is 2.84. The summed E-state index contributed by atoms with van der Waals surface area (Å²) in [6, 6.07) is 0.608. The van der Waals surface area contributed by atoms with Gasteiger partial charge in [0, 0.05) is 27.8 Å². The van der Waals surface area contributed by atoms with Crippen LogP contribution >= 0.6 is 0 Å². The minimum Gasteiger partial charge on any atom is -0.314 e. The minimum absolute atomic E-state index is 0.371. The fraction of sp³-hybridized carbons (Fsp3) is 1.00. The van der Waals surface area contributed by atoms with Gasteiger partial charge in [0.15, 0.2) is 0 Å². The van der Waals surface area contributed by atoms with E-state index in [9.17, 15) is 4.21 Å². The molecule has 0 rings (SSSR count). The maximum atomic E-state index is 11.7. The van der Waals surface area contributed by atoms with Crippen molar-refractivity contribution in [1.82, 2.24) is 5.32 Å². The van der Waals surface area contributed by atoms with Crippen molar-refractivity contribution in [2.24, 2.45) is 0 Å². The first-order chi connectivity index (χ1) is 7.61. The lowest BCUT2D eigenvalue weighted by Crippen LogP contribution is -2.26. The summed E-state index contributed by atoms with van der Waals surface area (Å²) in [6.07, 6.45) is 5.73. The summed E-state index contributed by atoms with van der Waals surface area (Å²) >= 11 is 0. The minimum atomic E-state index is -0.605. The number of hydrogen-bond acceptors (Lipinski definition) is 2. The van der Waals surface area contributed by atoms with Crippen LogP contribution in [-0.4, -0.2) is 27.8 Å². The zero-order valence-electron chi connectivity index (χ0n) is 11.4. The van der Waals surface area contributed by atoms with E-state index in [1.165, 1.54) is 19.3 Å². The molecule has 0 spiro atoms. The Kier molecular flexibility index (Phi) is 10.3. The molecule has 0 radical (unpaired) electrons. The first-order valence-corrected chi connectivity index (χ1v) is 8.10. The Morgan fingerprint density at radius 1 is 1.19 bits per heavy atom. The molecule has 0 fully saturated rings. The van der Waals surface area contributed by atoms with Gasteiger partial charge in [-0.3, -0.25) is 4.21 Å². The Labute approximate surface area is 104 Å². The molecule has 0 heterocycles. The zero-order valence-corrected chi connectivity index (χ0v) is 12.2. The van der Waals surface area contributed by atoms with E-state index in [-0.39, 0.29) is 0 Å². The van der Waals surface area contributed by atoms with Gasteiger partial charge in [-0.25, -0.2) is 0 Å². The van der Waals surface area contributed by atoms with Crippen molar-refractivity contribution in [3.8, 4) is 0 Å². The second-order valence-electron chi connectivity index (χ2n) is 4.65. The second kappa shape index (κ2) is 10.3. The Bertz CT molecular complexity index is 185. The molecular weight excluding hydrogens is 218 g/mol. The first-order valence-electron chi connectivity index (χ1n) is 6.72. The standard InChI is InChI=1S/C13H29NOS/c1-5-10-14-12(3)9-7-8-11-16(15)13(4)6-2/h12-14H,5-11H2,1-4H3. The van der Waals surface area contributed by atoms with Crippen LogP contribution < -0.4 is 5.32 Å². The molecule has 0 aromatic rings. The Morgan fingerprint density at radius 2 is 1.88 bits per heavy atom. The van der Waals surface area contributed by atoms with Crippen LogP contribution in [0.1, 0.15) is 59.8 Å². The molecule has 1 N–H and O–H groups in total. The summed E-state index contributed by atoms with van der Waals surface area (Å²) in [5, 5.41) is 3.85. The third-order valence-corrected chi connectivity index (χ3v) is 4.92. The molecule has 0 aliphatic carbocycles. The summed E-state index contributed by atoms with van der Waals surface area (Å²) < 4.78 is 11.7. The molecular formula is C13H29NOS. The van der Waals surface area contributed by atoms with E-state index in [1.54, 1.807) is 0 Å². The third kappa shape index (κ3) is 8.28. The Balaban J connectivity index is 3.42. The average Bonchev–Trinajstić information content (AvgIpc) is 2.30. The van der Waals surface area contributed by atoms with Gasteiger partial charge in [-0.05, 0) is 39.2 Å². The van der Waals surface area contributed by atoms with E-state index in [0.717, 1.165) is 25.1 Å². The summed E-state index contributed by atoms with van der Waals surface area (Å²) in [6.45, 7) is 9.73. The van der Waals surface area contributed by atoms with E-state index in [1.807, 2.05) is 0 Å². The third-order valence-electron chi connectivity index (χ3n) is 3.00. The van der Waals surface area contributed by atoms with Gasteiger partial charge in [-0.15, -0.1) is 0 Å². The molecule has 3 heteroatoms. The summed E-state index contributed by atoms with van der Waals surface area (Å²) in [4.78, 5) is 0. The topological polar surface area (TPSA) is 29.1 Å². The Hall–Kier alpha value is 0.110. The molecule has 0 saturated heterocycles. The molecule has 0 aliphatic heterocycles. The molecule has 2 nitrogen and oxygen atoms in total. The van der Waals surface area contributed by atoms with Gasteiger partial charge in [0.1, 0.15) is 0 Å². The molecule has 0 aromatic carbocycles. The summed E-state index contributed by atoms with van der Waals surface area (Å²) in [5.41, 5.74) is 0. The molecule has 0 aromatic heterocycles. The number of rotatable bonds is 10. The van der Waals surface area contributed by atoms with Crippen LogP contribution in [0.25, 0.3) is 0 Å². The Morgan fingerprint density at radius 3 is 2.44 bits per heavy atom. The molecule has 0 aliphatic rings. The van der Waals surface area contributed by atoms with Crippen LogP contribution in [0.15, 0.2) is 0 Å². The van der Waals surface area contributed by atoms with Gasteiger partial charge >= 0.3 is 0 Å². The molecule has 0 amide bonds. The SMILES string of the molecule is CCCNC(C)CCCCS(=O)C(C)CC. The van der Waals surface area contributed by atoms with Gasteiger partial charge in [-0.2, -0.15) is 0 Å². The van der Waals surface area contributed by atoms with Crippen molar-refractivity contribution in [2.75, 3.05) is 12.3 Å². The molecule has 3 unspecified atom stereocenters. The quantitative estimate of drug-likeness (QED) is 0.601. The highest BCUT2D eigenvalue weighted by Gasteiger charge is 2.08. The molecule has 3 atom stereocenters. The highest BCUT2D eigenvalue weighted by molar-refractivity contribution is 7.85. The number of unbranched alkanes of at least 4 members (excludes halogenated alkanes) is 1. The van der Waals surface area contributed by atoms with E-state index in [4.69, 9.17) is 0 Å². The predicted octanol–water partition coefficient (Wildman–Crippen LogP) is 3.09. The van der Waals surface area contributed by atoms with Crippen molar-refractivity contribution in [3.63, 3.8) is 0 Å². The van der Waals surface area contributed by atoms with E-state index in [0.29, 0.717) is 11.3 Å². The van der Waals surface area contributed by atoms with Crippen molar-refractivity contribution in [3.05, 3.63) is 0 Å². The monoisotopic (exact) mass is 247 g/mol.